The Bertz CT molecular complexity index is 2130. The summed E-state index contributed by atoms with van der Waals surface area (Å²) in [7, 11) is 1.71. The SMILES string of the molecule is C=CCOCc1ccc(Cc2ccccc2OC)cc1C1OC(COCc2ccccc2)C(OCc2ccccc2)C(OCc2ccccc2)C1OCc1ccccc1. The first kappa shape index (κ1) is 41.8. The molecular formula is C52H54O7. The lowest BCUT2D eigenvalue weighted by Crippen LogP contribution is -2.58. The molecule has 0 saturated carbocycles. The number of benzene rings is 6. The van der Waals surface area contributed by atoms with Gasteiger partial charge in [0.2, 0.25) is 0 Å². The van der Waals surface area contributed by atoms with Gasteiger partial charge in [0.25, 0.3) is 0 Å². The molecule has 7 rings (SSSR count). The first-order valence-corrected chi connectivity index (χ1v) is 20.3. The Morgan fingerprint density at radius 1 is 0.508 bits per heavy atom. The second kappa shape index (κ2) is 22.1. The fraction of sp³-hybridized carbons (Fsp3) is 0.269. The minimum absolute atomic E-state index is 0.269. The zero-order chi connectivity index (χ0) is 40.5. The molecule has 7 nitrogen and oxygen atoms in total. The van der Waals surface area contributed by atoms with Crippen molar-refractivity contribution in [2.24, 2.45) is 0 Å². The molecule has 1 aliphatic rings. The van der Waals surface area contributed by atoms with Crippen LogP contribution in [0.3, 0.4) is 0 Å². The van der Waals surface area contributed by atoms with Crippen molar-refractivity contribution in [2.45, 2.75) is 70.0 Å². The van der Waals surface area contributed by atoms with Gasteiger partial charge in [0.05, 0.1) is 53.4 Å². The van der Waals surface area contributed by atoms with E-state index < -0.39 is 30.5 Å². The van der Waals surface area contributed by atoms with Crippen molar-refractivity contribution in [3.05, 3.63) is 221 Å². The molecule has 0 bridgehead atoms. The normalized spacial score (nSPS) is 19.0. The number of ether oxygens (including phenoxy) is 7. The van der Waals surface area contributed by atoms with Crippen molar-refractivity contribution >= 4 is 0 Å². The van der Waals surface area contributed by atoms with E-state index in [1.165, 1.54) is 0 Å². The number of rotatable bonds is 21. The standard InChI is InChI=1S/C52H54O7/c1-3-30-54-37-45-29-28-43(31-44-26-16-17-27-47(44)53-2)32-46(45)49-51(57-35-41-22-12-6-13-23-41)52(58-36-42-24-14-7-15-25-42)50(56-34-40-20-10-5-11-21-40)48(59-49)38-55-33-39-18-8-4-9-19-39/h3-29,32,48-52H,1,30-31,33-38H2,2H3. The maximum absolute atomic E-state index is 7.34. The van der Waals surface area contributed by atoms with Gasteiger partial charge >= 0.3 is 0 Å². The van der Waals surface area contributed by atoms with Crippen molar-refractivity contribution in [1.82, 2.24) is 0 Å². The van der Waals surface area contributed by atoms with Crippen LogP contribution in [0.1, 0.15) is 50.6 Å². The topological polar surface area (TPSA) is 64.6 Å². The minimum atomic E-state index is -0.593. The monoisotopic (exact) mass is 790 g/mol. The van der Waals surface area contributed by atoms with E-state index in [1.54, 1.807) is 13.2 Å². The first-order valence-electron chi connectivity index (χ1n) is 20.3. The van der Waals surface area contributed by atoms with Crippen LogP contribution in [-0.2, 0) is 67.9 Å². The fourth-order valence-corrected chi connectivity index (χ4v) is 7.51. The lowest BCUT2D eigenvalue weighted by Gasteiger charge is -2.47. The maximum atomic E-state index is 7.34. The van der Waals surface area contributed by atoms with Crippen LogP contribution in [0.4, 0.5) is 0 Å². The van der Waals surface area contributed by atoms with Crippen LogP contribution >= 0.6 is 0 Å². The predicted molar refractivity (Wildman–Crippen MR) is 231 cm³/mol. The first-order chi connectivity index (χ1) is 29.2. The number of hydrogen-bond donors (Lipinski definition) is 0. The third-order valence-electron chi connectivity index (χ3n) is 10.5. The minimum Gasteiger partial charge on any atom is -0.496 e. The van der Waals surface area contributed by atoms with Gasteiger partial charge in [-0.05, 0) is 50.6 Å². The third-order valence-corrected chi connectivity index (χ3v) is 10.5. The van der Waals surface area contributed by atoms with E-state index in [4.69, 9.17) is 33.2 Å². The average Bonchev–Trinajstić information content (AvgIpc) is 3.29. The third kappa shape index (κ3) is 11.9. The second-order valence-corrected chi connectivity index (χ2v) is 14.7. The van der Waals surface area contributed by atoms with Crippen LogP contribution < -0.4 is 4.74 Å². The van der Waals surface area contributed by atoms with Gasteiger partial charge in [0.1, 0.15) is 36.3 Å². The van der Waals surface area contributed by atoms with Crippen LogP contribution in [0.2, 0.25) is 0 Å². The Labute approximate surface area is 349 Å². The number of hydrogen-bond acceptors (Lipinski definition) is 7. The zero-order valence-corrected chi connectivity index (χ0v) is 33.8. The van der Waals surface area contributed by atoms with E-state index in [2.05, 4.69) is 79.4 Å². The highest BCUT2D eigenvalue weighted by Gasteiger charge is 2.49. The second-order valence-electron chi connectivity index (χ2n) is 14.7. The van der Waals surface area contributed by atoms with Crippen molar-refractivity contribution in [3.63, 3.8) is 0 Å². The van der Waals surface area contributed by atoms with Crippen LogP contribution in [0.5, 0.6) is 5.75 Å². The Balaban J connectivity index is 1.31. The average molecular weight is 791 g/mol. The van der Waals surface area contributed by atoms with Gasteiger partial charge in [-0.15, -0.1) is 6.58 Å². The van der Waals surface area contributed by atoms with Gasteiger partial charge < -0.3 is 33.2 Å². The molecule has 0 spiro atoms. The van der Waals surface area contributed by atoms with Gasteiger partial charge in [-0.25, -0.2) is 0 Å². The summed E-state index contributed by atoms with van der Waals surface area (Å²) in [6.07, 6.45) is -0.389. The largest absolute Gasteiger partial charge is 0.496 e. The lowest BCUT2D eigenvalue weighted by molar-refractivity contribution is -0.275. The quantitative estimate of drug-likeness (QED) is 0.0531. The van der Waals surface area contributed by atoms with Crippen molar-refractivity contribution in [3.8, 4) is 5.75 Å². The molecule has 1 fully saturated rings. The zero-order valence-electron chi connectivity index (χ0n) is 33.8. The molecule has 59 heavy (non-hydrogen) atoms. The summed E-state index contributed by atoms with van der Waals surface area (Å²) in [5.41, 5.74) is 8.36. The van der Waals surface area contributed by atoms with E-state index in [-0.39, 0.29) is 6.61 Å². The highest BCUT2D eigenvalue weighted by molar-refractivity contribution is 5.41. The summed E-state index contributed by atoms with van der Waals surface area (Å²) < 4.78 is 46.8. The molecule has 0 aromatic heterocycles. The molecule has 1 saturated heterocycles. The fourth-order valence-electron chi connectivity index (χ4n) is 7.51. The lowest BCUT2D eigenvalue weighted by atomic mass is 9.87. The van der Waals surface area contributed by atoms with Crippen LogP contribution in [-0.4, -0.2) is 44.7 Å². The van der Waals surface area contributed by atoms with E-state index in [0.29, 0.717) is 46.1 Å². The summed E-state index contributed by atoms with van der Waals surface area (Å²) >= 11 is 0. The van der Waals surface area contributed by atoms with Crippen molar-refractivity contribution in [2.75, 3.05) is 20.3 Å². The molecular weight excluding hydrogens is 737 g/mol. The summed E-state index contributed by atoms with van der Waals surface area (Å²) in [6.45, 7) is 6.42. The van der Waals surface area contributed by atoms with Gasteiger partial charge in [-0.3, -0.25) is 0 Å². The summed E-state index contributed by atoms with van der Waals surface area (Å²) in [5.74, 6) is 0.842. The highest BCUT2D eigenvalue weighted by atomic mass is 16.6. The Morgan fingerprint density at radius 2 is 1.03 bits per heavy atom. The number of para-hydroxylation sites is 1. The van der Waals surface area contributed by atoms with Crippen molar-refractivity contribution in [1.29, 1.82) is 0 Å². The van der Waals surface area contributed by atoms with Gasteiger partial charge in [0, 0.05) is 6.42 Å². The predicted octanol–water partition coefficient (Wildman–Crippen LogP) is 10.4. The molecule has 6 aromatic carbocycles. The van der Waals surface area contributed by atoms with Crippen molar-refractivity contribution < 1.29 is 33.2 Å². The summed E-state index contributed by atoms with van der Waals surface area (Å²) in [4.78, 5) is 0. The van der Waals surface area contributed by atoms with Gasteiger partial charge in [0.15, 0.2) is 0 Å². The number of methoxy groups -OCH3 is 1. The van der Waals surface area contributed by atoms with Crippen LogP contribution in [0.25, 0.3) is 0 Å². The molecule has 7 heteroatoms. The maximum Gasteiger partial charge on any atom is 0.122 e. The Morgan fingerprint density at radius 3 is 1.61 bits per heavy atom. The molecule has 5 unspecified atom stereocenters. The van der Waals surface area contributed by atoms with Gasteiger partial charge in [-0.1, -0.05) is 164 Å². The van der Waals surface area contributed by atoms with Gasteiger partial charge in [-0.2, -0.15) is 0 Å². The van der Waals surface area contributed by atoms with E-state index in [0.717, 1.165) is 50.3 Å². The molecule has 6 aromatic rings. The Hall–Kier alpha value is -5.38. The molecule has 1 aliphatic heterocycles. The molecule has 0 amide bonds. The summed E-state index contributed by atoms with van der Waals surface area (Å²) in [5, 5.41) is 0. The molecule has 0 radical (unpaired) electrons. The summed E-state index contributed by atoms with van der Waals surface area (Å²) in [6, 6.07) is 55.5. The van der Waals surface area contributed by atoms with E-state index in [1.807, 2.05) is 91.0 Å². The molecule has 304 valence electrons. The van der Waals surface area contributed by atoms with Crippen LogP contribution in [0, 0.1) is 0 Å². The molecule has 5 atom stereocenters. The Kier molecular flexibility index (Phi) is 15.7. The van der Waals surface area contributed by atoms with E-state index >= 15 is 0 Å². The smallest absolute Gasteiger partial charge is 0.122 e. The van der Waals surface area contributed by atoms with E-state index in [9.17, 15) is 0 Å². The molecule has 0 N–H and O–H groups in total. The molecule has 1 heterocycles. The molecule has 0 aliphatic carbocycles. The van der Waals surface area contributed by atoms with Crippen LogP contribution in [0.15, 0.2) is 176 Å². The highest BCUT2D eigenvalue weighted by Crippen LogP contribution is 2.41.